The lowest BCUT2D eigenvalue weighted by molar-refractivity contribution is -0.141. The van der Waals surface area contributed by atoms with Crippen molar-refractivity contribution in [2.75, 3.05) is 13.2 Å². The van der Waals surface area contributed by atoms with Crippen molar-refractivity contribution in [2.45, 2.75) is 6.92 Å². The molecular weight excluding hydrogens is 144 g/mol. The molecule has 0 radical (unpaired) electrons. The Morgan fingerprint density at radius 1 is 1.73 bits per heavy atom. The number of aliphatic hydroxyl groups excluding tert-OH is 1. The van der Waals surface area contributed by atoms with E-state index in [0.717, 1.165) is 5.57 Å². The molecule has 0 heterocycles. The van der Waals surface area contributed by atoms with E-state index in [0.29, 0.717) is 6.61 Å². The minimum Gasteiger partial charge on any atom is -0.465 e. The number of carbonyl (C=O) groups is 1. The van der Waals surface area contributed by atoms with E-state index in [9.17, 15) is 4.79 Å². The van der Waals surface area contributed by atoms with Gasteiger partial charge in [0.05, 0.1) is 13.2 Å². The third-order valence-electron chi connectivity index (χ3n) is 1.99. The number of hydrogen-bond donors (Lipinski definition) is 1. The monoisotopic (exact) mass is 156 g/mol. The summed E-state index contributed by atoms with van der Waals surface area (Å²) in [7, 11) is 0. The normalized spacial score (nSPS) is 28.4. The van der Waals surface area contributed by atoms with Crippen LogP contribution >= 0.6 is 0 Å². The predicted molar refractivity (Wildman–Crippen MR) is 39.8 cm³/mol. The molecule has 1 aliphatic carbocycles. The molecule has 1 rings (SSSR count). The summed E-state index contributed by atoms with van der Waals surface area (Å²) in [5.74, 6) is 0.0830. The molecule has 0 aromatic rings. The van der Waals surface area contributed by atoms with Gasteiger partial charge in [-0.05, 0) is 0 Å². The van der Waals surface area contributed by atoms with E-state index in [2.05, 4.69) is 6.58 Å². The van der Waals surface area contributed by atoms with Gasteiger partial charge in [0.25, 0.3) is 0 Å². The summed E-state index contributed by atoms with van der Waals surface area (Å²) in [6, 6.07) is 0. The van der Waals surface area contributed by atoms with Crippen molar-refractivity contribution < 1.29 is 14.6 Å². The summed E-state index contributed by atoms with van der Waals surface area (Å²) >= 11 is 0. The van der Waals surface area contributed by atoms with Crippen molar-refractivity contribution in [3.63, 3.8) is 0 Å². The van der Waals surface area contributed by atoms with E-state index in [1.165, 1.54) is 6.92 Å². The lowest BCUT2D eigenvalue weighted by Crippen LogP contribution is -2.04. The highest BCUT2D eigenvalue weighted by Gasteiger charge is 2.42. The molecule has 3 nitrogen and oxygen atoms in total. The van der Waals surface area contributed by atoms with Crippen LogP contribution in [0, 0.1) is 11.8 Å². The summed E-state index contributed by atoms with van der Waals surface area (Å²) in [4.78, 5) is 10.4. The lowest BCUT2D eigenvalue weighted by atomic mass is 10.3. The molecule has 0 amide bonds. The van der Waals surface area contributed by atoms with Gasteiger partial charge in [-0.3, -0.25) is 4.79 Å². The van der Waals surface area contributed by atoms with Gasteiger partial charge in [-0.2, -0.15) is 0 Å². The van der Waals surface area contributed by atoms with Gasteiger partial charge in [-0.25, -0.2) is 0 Å². The van der Waals surface area contributed by atoms with E-state index in [-0.39, 0.29) is 24.4 Å². The molecule has 0 spiro atoms. The summed E-state index contributed by atoms with van der Waals surface area (Å²) in [5.41, 5.74) is 0.994. The fourth-order valence-corrected chi connectivity index (χ4v) is 1.12. The smallest absolute Gasteiger partial charge is 0.302 e. The Labute approximate surface area is 65.7 Å². The third-order valence-corrected chi connectivity index (χ3v) is 1.99. The maximum absolute atomic E-state index is 10.4. The van der Waals surface area contributed by atoms with Crippen LogP contribution in [0.15, 0.2) is 12.2 Å². The predicted octanol–water partition coefficient (Wildman–Crippen LogP) is 0.344. The average Bonchev–Trinajstić information content (AvgIpc) is 2.56. The van der Waals surface area contributed by atoms with E-state index < -0.39 is 0 Å². The van der Waals surface area contributed by atoms with Gasteiger partial charge in [-0.15, -0.1) is 0 Å². The molecule has 2 unspecified atom stereocenters. The van der Waals surface area contributed by atoms with Crippen LogP contribution in [0.2, 0.25) is 0 Å². The lowest BCUT2D eigenvalue weighted by Gasteiger charge is -1.97. The maximum atomic E-state index is 10.4. The molecule has 11 heavy (non-hydrogen) atoms. The molecule has 2 atom stereocenters. The Balaban J connectivity index is 2.21. The molecule has 1 saturated carbocycles. The molecule has 1 fully saturated rings. The molecule has 0 bridgehead atoms. The van der Waals surface area contributed by atoms with Crippen LogP contribution in [0.5, 0.6) is 0 Å². The standard InChI is InChI=1S/C8H12O3/c1-5-7(3-9)8(5)4-11-6(2)10/h7-9H,1,3-4H2,2H3. The zero-order valence-corrected chi connectivity index (χ0v) is 6.54. The van der Waals surface area contributed by atoms with Crippen molar-refractivity contribution in [3.05, 3.63) is 12.2 Å². The first-order valence-electron chi connectivity index (χ1n) is 3.59. The quantitative estimate of drug-likeness (QED) is 0.473. The molecule has 1 N–H and O–H groups in total. The van der Waals surface area contributed by atoms with Crippen molar-refractivity contribution in [2.24, 2.45) is 11.8 Å². The molecule has 62 valence electrons. The van der Waals surface area contributed by atoms with E-state index in [1.54, 1.807) is 0 Å². The van der Waals surface area contributed by atoms with Gasteiger partial charge in [-0.1, -0.05) is 12.2 Å². The largest absolute Gasteiger partial charge is 0.465 e. The second-order valence-corrected chi connectivity index (χ2v) is 2.77. The topological polar surface area (TPSA) is 46.5 Å². The van der Waals surface area contributed by atoms with Crippen molar-refractivity contribution in [3.8, 4) is 0 Å². The molecular formula is C8H12O3. The van der Waals surface area contributed by atoms with E-state index >= 15 is 0 Å². The minimum absolute atomic E-state index is 0.116. The van der Waals surface area contributed by atoms with E-state index in [4.69, 9.17) is 9.84 Å². The van der Waals surface area contributed by atoms with Crippen LogP contribution in [0.25, 0.3) is 0 Å². The maximum Gasteiger partial charge on any atom is 0.302 e. The number of ether oxygens (including phenoxy) is 1. The third kappa shape index (κ3) is 1.80. The summed E-state index contributed by atoms with van der Waals surface area (Å²) in [5, 5.41) is 8.71. The summed E-state index contributed by atoms with van der Waals surface area (Å²) < 4.78 is 4.76. The first-order valence-corrected chi connectivity index (χ1v) is 3.59. The highest BCUT2D eigenvalue weighted by Crippen LogP contribution is 2.43. The fourth-order valence-electron chi connectivity index (χ4n) is 1.12. The van der Waals surface area contributed by atoms with Crippen LogP contribution in [0.3, 0.4) is 0 Å². The van der Waals surface area contributed by atoms with Crippen molar-refractivity contribution >= 4 is 5.97 Å². The Morgan fingerprint density at radius 3 is 2.73 bits per heavy atom. The van der Waals surface area contributed by atoms with Crippen molar-refractivity contribution in [1.29, 1.82) is 0 Å². The Bertz CT molecular complexity index is 186. The molecule has 0 aromatic heterocycles. The molecule has 0 saturated heterocycles. The number of esters is 1. The van der Waals surface area contributed by atoms with Crippen LogP contribution in [0.4, 0.5) is 0 Å². The summed E-state index contributed by atoms with van der Waals surface area (Å²) in [6.45, 7) is 5.59. The van der Waals surface area contributed by atoms with Crippen LogP contribution in [-0.2, 0) is 9.53 Å². The van der Waals surface area contributed by atoms with Crippen LogP contribution in [0.1, 0.15) is 6.92 Å². The second-order valence-electron chi connectivity index (χ2n) is 2.77. The number of aliphatic hydroxyl groups is 1. The molecule has 1 aliphatic rings. The highest BCUT2D eigenvalue weighted by atomic mass is 16.5. The Kier molecular flexibility index (Phi) is 2.29. The van der Waals surface area contributed by atoms with Gasteiger partial charge >= 0.3 is 5.97 Å². The van der Waals surface area contributed by atoms with Crippen LogP contribution < -0.4 is 0 Å². The van der Waals surface area contributed by atoms with E-state index in [1.807, 2.05) is 0 Å². The highest BCUT2D eigenvalue weighted by molar-refractivity contribution is 5.66. The first-order chi connectivity index (χ1) is 5.16. The second kappa shape index (κ2) is 3.05. The van der Waals surface area contributed by atoms with Gasteiger partial charge < -0.3 is 9.84 Å². The molecule has 3 heteroatoms. The first kappa shape index (κ1) is 8.27. The van der Waals surface area contributed by atoms with Gasteiger partial charge in [0.1, 0.15) is 0 Å². The summed E-state index contributed by atoms with van der Waals surface area (Å²) in [6.07, 6.45) is 0. The number of rotatable bonds is 3. The molecule has 0 aliphatic heterocycles. The number of hydrogen-bond acceptors (Lipinski definition) is 3. The Hall–Kier alpha value is -0.830. The fraction of sp³-hybridized carbons (Fsp3) is 0.625. The minimum atomic E-state index is -0.276. The van der Waals surface area contributed by atoms with Gasteiger partial charge in [0.15, 0.2) is 0 Å². The number of carbonyl (C=O) groups excluding carboxylic acids is 1. The SMILES string of the molecule is C=C1C(CO)C1COC(C)=O. The van der Waals surface area contributed by atoms with Crippen LogP contribution in [-0.4, -0.2) is 24.3 Å². The zero-order chi connectivity index (χ0) is 8.43. The van der Waals surface area contributed by atoms with Crippen molar-refractivity contribution in [1.82, 2.24) is 0 Å². The zero-order valence-electron chi connectivity index (χ0n) is 6.54. The molecule has 0 aromatic carbocycles. The Morgan fingerprint density at radius 2 is 2.36 bits per heavy atom. The van der Waals surface area contributed by atoms with Gasteiger partial charge in [0, 0.05) is 18.8 Å². The van der Waals surface area contributed by atoms with Gasteiger partial charge in [0.2, 0.25) is 0 Å². The average molecular weight is 156 g/mol.